The summed E-state index contributed by atoms with van der Waals surface area (Å²) in [4.78, 5) is 4.86. The van der Waals surface area contributed by atoms with E-state index in [9.17, 15) is 5.11 Å². The minimum Gasteiger partial charge on any atom is -0.497 e. The first kappa shape index (κ1) is 18.0. The summed E-state index contributed by atoms with van der Waals surface area (Å²) in [5.74, 6) is 1.63. The summed E-state index contributed by atoms with van der Waals surface area (Å²) < 4.78 is 10.6. The highest BCUT2D eigenvalue weighted by Gasteiger charge is 2.11. The summed E-state index contributed by atoms with van der Waals surface area (Å²) in [6, 6.07) is 15.7. The summed E-state index contributed by atoms with van der Waals surface area (Å²) in [5.41, 5.74) is 6.69. The number of pyridine rings is 1. The summed E-state index contributed by atoms with van der Waals surface area (Å²) >= 11 is 0. The van der Waals surface area contributed by atoms with Gasteiger partial charge in [-0.1, -0.05) is 0 Å². The number of aliphatic hydroxyl groups is 1. The van der Waals surface area contributed by atoms with Crippen LogP contribution < -0.4 is 9.47 Å². The molecule has 1 heterocycles. The van der Waals surface area contributed by atoms with Gasteiger partial charge in [0.1, 0.15) is 11.5 Å². The van der Waals surface area contributed by atoms with Crippen LogP contribution in [0.25, 0.3) is 22.5 Å². The van der Waals surface area contributed by atoms with Gasteiger partial charge < -0.3 is 14.6 Å². The Morgan fingerprint density at radius 3 is 1.58 bits per heavy atom. The Labute approximate surface area is 154 Å². The molecule has 0 unspecified atom stereocenters. The van der Waals surface area contributed by atoms with Crippen LogP contribution in [0.3, 0.4) is 0 Å². The maximum atomic E-state index is 9.72. The Hall–Kier alpha value is -2.85. The normalized spacial score (nSPS) is 10.7. The highest BCUT2D eigenvalue weighted by atomic mass is 16.5. The Balaban J connectivity index is 2.13. The summed E-state index contributed by atoms with van der Waals surface area (Å²) in [6.07, 6.45) is 0. The number of hydrogen-bond donors (Lipinski definition) is 1. The van der Waals surface area contributed by atoms with Crippen LogP contribution in [0.2, 0.25) is 0 Å². The Bertz CT molecular complexity index is 863. The zero-order valence-corrected chi connectivity index (χ0v) is 15.5. The van der Waals surface area contributed by atoms with E-state index in [2.05, 4.69) is 0 Å². The van der Waals surface area contributed by atoms with E-state index in [1.165, 1.54) is 0 Å². The molecule has 3 rings (SSSR count). The van der Waals surface area contributed by atoms with Crippen molar-refractivity contribution in [3.05, 3.63) is 65.2 Å². The van der Waals surface area contributed by atoms with Crippen LogP contribution in [0.15, 0.2) is 48.5 Å². The van der Waals surface area contributed by atoms with E-state index in [1.807, 2.05) is 62.4 Å². The van der Waals surface area contributed by atoms with Crippen molar-refractivity contribution in [2.75, 3.05) is 14.2 Å². The fourth-order valence-electron chi connectivity index (χ4n) is 3.06. The zero-order chi connectivity index (χ0) is 18.7. The first-order valence-electron chi connectivity index (χ1n) is 8.47. The van der Waals surface area contributed by atoms with E-state index in [0.717, 1.165) is 50.7 Å². The molecule has 0 spiro atoms. The van der Waals surface area contributed by atoms with Gasteiger partial charge in [-0.15, -0.1) is 0 Å². The van der Waals surface area contributed by atoms with Gasteiger partial charge in [-0.2, -0.15) is 0 Å². The van der Waals surface area contributed by atoms with Crippen LogP contribution in [0.5, 0.6) is 11.5 Å². The number of hydrogen-bond acceptors (Lipinski definition) is 4. The smallest absolute Gasteiger partial charge is 0.119 e. The molecule has 2 aromatic carbocycles. The first-order valence-corrected chi connectivity index (χ1v) is 8.47. The van der Waals surface area contributed by atoms with Crippen molar-refractivity contribution in [1.82, 2.24) is 4.98 Å². The molecule has 0 amide bonds. The molecule has 0 saturated heterocycles. The van der Waals surface area contributed by atoms with Crippen LogP contribution in [-0.2, 0) is 6.61 Å². The van der Waals surface area contributed by atoms with Gasteiger partial charge in [0.15, 0.2) is 0 Å². The Morgan fingerprint density at radius 1 is 0.769 bits per heavy atom. The lowest BCUT2D eigenvalue weighted by atomic mass is 9.99. The number of benzene rings is 2. The van der Waals surface area contributed by atoms with Crippen molar-refractivity contribution in [2.45, 2.75) is 20.5 Å². The summed E-state index contributed by atoms with van der Waals surface area (Å²) in [5, 5.41) is 9.72. The molecule has 1 aromatic heterocycles. The average molecular weight is 349 g/mol. The molecule has 134 valence electrons. The summed E-state index contributed by atoms with van der Waals surface area (Å²) in [6.45, 7) is 4.03. The lowest BCUT2D eigenvalue weighted by molar-refractivity contribution is 0.282. The highest BCUT2D eigenvalue weighted by molar-refractivity contribution is 5.72. The zero-order valence-electron chi connectivity index (χ0n) is 15.5. The van der Waals surface area contributed by atoms with Gasteiger partial charge in [0.25, 0.3) is 0 Å². The number of rotatable bonds is 5. The molecule has 0 fully saturated rings. The maximum Gasteiger partial charge on any atom is 0.119 e. The van der Waals surface area contributed by atoms with E-state index in [0.29, 0.717) is 0 Å². The minimum absolute atomic E-state index is 0.0348. The average Bonchev–Trinajstić information content (AvgIpc) is 2.67. The molecule has 4 nitrogen and oxygen atoms in total. The van der Waals surface area contributed by atoms with Gasteiger partial charge in [-0.05, 0) is 79.1 Å². The third-order valence-electron chi connectivity index (χ3n) is 4.49. The van der Waals surface area contributed by atoms with Crippen LogP contribution in [0, 0.1) is 13.8 Å². The van der Waals surface area contributed by atoms with Crippen molar-refractivity contribution >= 4 is 0 Å². The Kier molecular flexibility index (Phi) is 5.24. The lowest BCUT2D eigenvalue weighted by Gasteiger charge is -2.13. The standard InChI is InChI=1S/C22H23NO3/c1-14-9-17(25-3)5-7-19(14)21-11-16(13-24)12-22(23-21)20-8-6-18(26-4)10-15(20)2/h5-12,24H,13H2,1-4H3. The number of ether oxygens (including phenoxy) is 2. The summed E-state index contributed by atoms with van der Waals surface area (Å²) in [7, 11) is 3.31. The molecule has 0 atom stereocenters. The number of aryl methyl sites for hydroxylation is 2. The van der Waals surface area contributed by atoms with Crippen LogP contribution in [0.4, 0.5) is 0 Å². The molecule has 0 aliphatic rings. The number of aromatic nitrogens is 1. The molecular weight excluding hydrogens is 326 g/mol. The van der Waals surface area contributed by atoms with Crippen molar-refractivity contribution in [2.24, 2.45) is 0 Å². The Morgan fingerprint density at radius 2 is 1.23 bits per heavy atom. The van der Waals surface area contributed by atoms with Gasteiger partial charge >= 0.3 is 0 Å². The highest BCUT2D eigenvalue weighted by Crippen LogP contribution is 2.31. The fraction of sp³-hybridized carbons (Fsp3) is 0.227. The van der Waals surface area contributed by atoms with Crippen molar-refractivity contribution in [3.63, 3.8) is 0 Å². The number of nitrogens with zero attached hydrogens (tertiary/aromatic N) is 1. The molecule has 0 bridgehead atoms. The molecule has 0 saturated carbocycles. The van der Waals surface area contributed by atoms with Crippen LogP contribution in [-0.4, -0.2) is 24.3 Å². The minimum atomic E-state index is -0.0348. The molecule has 0 aliphatic carbocycles. The molecular formula is C22H23NO3. The fourth-order valence-corrected chi connectivity index (χ4v) is 3.06. The second-order valence-corrected chi connectivity index (χ2v) is 6.27. The SMILES string of the molecule is COc1ccc(-c2cc(CO)cc(-c3ccc(OC)cc3C)n2)c(C)c1. The molecule has 3 aromatic rings. The van der Waals surface area contributed by atoms with E-state index in [-0.39, 0.29) is 6.61 Å². The van der Waals surface area contributed by atoms with Gasteiger partial charge in [-0.3, -0.25) is 0 Å². The predicted octanol–water partition coefficient (Wildman–Crippen LogP) is 4.54. The topological polar surface area (TPSA) is 51.6 Å². The van der Waals surface area contributed by atoms with Crippen molar-refractivity contribution in [3.8, 4) is 34.0 Å². The van der Waals surface area contributed by atoms with Crippen molar-refractivity contribution < 1.29 is 14.6 Å². The maximum absolute atomic E-state index is 9.72. The van der Waals surface area contributed by atoms with Gasteiger partial charge in [0.2, 0.25) is 0 Å². The molecule has 4 heteroatoms. The monoisotopic (exact) mass is 349 g/mol. The number of aliphatic hydroxyl groups excluding tert-OH is 1. The third kappa shape index (κ3) is 3.55. The van der Waals surface area contributed by atoms with Crippen LogP contribution in [0.1, 0.15) is 16.7 Å². The lowest BCUT2D eigenvalue weighted by Crippen LogP contribution is -1.96. The second kappa shape index (κ2) is 7.58. The molecule has 0 aliphatic heterocycles. The van der Waals surface area contributed by atoms with E-state index < -0.39 is 0 Å². The predicted molar refractivity (Wildman–Crippen MR) is 104 cm³/mol. The molecule has 1 N–H and O–H groups in total. The van der Waals surface area contributed by atoms with Gasteiger partial charge in [-0.25, -0.2) is 4.98 Å². The van der Waals surface area contributed by atoms with Gasteiger partial charge in [0, 0.05) is 11.1 Å². The van der Waals surface area contributed by atoms with Crippen LogP contribution >= 0.6 is 0 Å². The van der Waals surface area contributed by atoms with E-state index in [1.54, 1.807) is 14.2 Å². The van der Waals surface area contributed by atoms with E-state index >= 15 is 0 Å². The number of methoxy groups -OCH3 is 2. The van der Waals surface area contributed by atoms with Crippen molar-refractivity contribution in [1.29, 1.82) is 0 Å². The first-order chi connectivity index (χ1) is 12.5. The van der Waals surface area contributed by atoms with E-state index in [4.69, 9.17) is 14.5 Å². The quantitative estimate of drug-likeness (QED) is 0.735. The molecule has 0 radical (unpaired) electrons. The largest absolute Gasteiger partial charge is 0.497 e. The molecule has 26 heavy (non-hydrogen) atoms. The third-order valence-corrected chi connectivity index (χ3v) is 4.49. The van der Waals surface area contributed by atoms with Gasteiger partial charge in [0.05, 0.1) is 32.2 Å². The second-order valence-electron chi connectivity index (χ2n) is 6.27.